The Hall–Kier alpha value is -3.11. The van der Waals surface area contributed by atoms with Crippen molar-refractivity contribution < 1.29 is 27.2 Å². The molecule has 0 spiro atoms. The number of hydrogen-bond acceptors (Lipinski definition) is 3. The van der Waals surface area contributed by atoms with E-state index < -0.39 is 29.0 Å². The van der Waals surface area contributed by atoms with E-state index in [-0.39, 0.29) is 36.3 Å². The van der Waals surface area contributed by atoms with Crippen LogP contribution in [-0.2, 0) is 19.3 Å². The number of carbonyl (C=O) groups excluding carboxylic acids is 2. The predicted molar refractivity (Wildman–Crippen MR) is 118 cm³/mol. The van der Waals surface area contributed by atoms with Gasteiger partial charge in [0.1, 0.15) is 5.82 Å². The highest BCUT2D eigenvalue weighted by Crippen LogP contribution is 2.41. The first kappa shape index (κ1) is 23.6. The molecule has 2 saturated heterocycles. The van der Waals surface area contributed by atoms with E-state index in [0.717, 1.165) is 44.6 Å². The highest BCUT2D eigenvalue weighted by Gasteiger charge is 2.40. The highest BCUT2D eigenvalue weighted by molar-refractivity contribution is 5.94. The number of alkyl halides is 3. The predicted octanol–water partition coefficient (Wildman–Crippen LogP) is 4.43. The molecule has 0 aliphatic carbocycles. The zero-order valence-corrected chi connectivity index (χ0v) is 19.4. The number of H-pyrrole nitrogens is 1. The van der Waals surface area contributed by atoms with Crippen molar-refractivity contribution in [3.05, 3.63) is 51.6 Å². The quantitative estimate of drug-likeness (QED) is 0.630. The van der Waals surface area contributed by atoms with Crippen LogP contribution in [0.3, 0.4) is 0 Å². The number of nitrogens with one attached hydrogen (secondary N) is 1. The molecule has 1 aromatic carbocycles. The second-order valence-electron chi connectivity index (χ2n) is 9.56. The average molecular weight is 494 g/mol. The zero-order chi connectivity index (χ0) is 24.9. The number of piperidine rings is 1. The van der Waals surface area contributed by atoms with Crippen molar-refractivity contribution in [2.45, 2.75) is 57.8 Å². The summed E-state index contributed by atoms with van der Waals surface area (Å²) in [4.78, 5) is 31.1. The number of aromatic nitrogens is 2. The van der Waals surface area contributed by atoms with Gasteiger partial charge in [-0.3, -0.25) is 9.89 Å². The van der Waals surface area contributed by atoms with Crippen molar-refractivity contribution in [2.75, 3.05) is 26.2 Å². The number of likely N-dealkylation sites (tertiary alicyclic amines) is 2. The van der Waals surface area contributed by atoms with E-state index in [4.69, 9.17) is 0 Å². The number of carbonyl (C=O) groups is 2. The van der Waals surface area contributed by atoms with E-state index in [2.05, 4.69) is 10.2 Å². The summed E-state index contributed by atoms with van der Waals surface area (Å²) in [6.07, 6.45) is -1.98. The molecule has 2 aromatic rings. The summed E-state index contributed by atoms with van der Waals surface area (Å²) in [5.74, 6) is -1.59. The van der Waals surface area contributed by atoms with Gasteiger partial charge in [0.2, 0.25) is 0 Å². The van der Waals surface area contributed by atoms with Crippen molar-refractivity contribution >= 4 is 11.9 Å². The molecule has 0 atom stereocenters. The van der Waals surface area contributed by atoms with Gasteiger partial charge in [0.25, 0.3) is 5.91 Å². The topological polar surface area (TPSA) is 72.5 Å². The molecule has 2 fully saturated rings. The Labute approximate surface area is 200 Å². The van der Waals surface area contributed by atoms with Crippen molar-refractivity contribution in [3.63, 3.8) is 0 Å². The van der Waals surface area contributed by atoms with Gasteiger partial charge in [-0.1, -0.05) is 6.07 Å². The lowest BCUT2D eigenvalue weighted by Crippen LogP contribution is -2.40. The van der Waals surface area contributed by atoms with Gasteiger partial charge in [-0.25, -0.2) is 9.18 Å². The highest BCUT2D eigenvalue weighted by atomic mass is 19.4. The molecule has 3 aliphatic rings. The molecular formula is C24H27F4N5O2. The minimum atomic E-state index is -4.65. The molecular weight excluding hydrogens is 466 g/mol. The summed E-state index contributed by atoms with van der Waals surface area (Å²) >= 11 is 0. The number of urea groups is 1. The number of fused-ring (bicyclic) bond motifs is 1. The summed E-state index contributed by atoms with van der Waals surface area (Å²) in [5, 5.41) is 7.07. The minimum Gasteiger partial charge on any atom is -0.337 e. The number of rotatable bonds is 2. The van der Waals surface area contributed by atoms with E-state index in [1.165, 1.54) is 6.07 Å². The normalized spacial score (nSPS) is 18.9. The van der Waals surface area contributed by atoms with Crippen LogP contribution in [0.2, 0.25) is 0 Å². The lowest BCUT2D eigenvalue weighted by molar-refractivity contribution is -0.139. The number of hydrogen-bond donors (Lipinski definition) is 1. The summed E-state index contributed by atoms with van der Waals surface area (Å²) in [7, 11) is 0. The second-order valence-corrected chi connectivity index (χ2v) is 9.56. The van der Waals surface area contributed by atoms with Crippen LogP contribution in [0.25, 0.3) is 0 Å². The lowest BCUT2D eigenvalue weighted by atomic mass is 9.84. The molecule has 11 heteroatoms. The van der Waals surface area contributed by atoms with E-state index >= 15 is 0 Å². The van der Waals surface area contributed by atoms with Gasteiger partial charge in [0, 0.05) is 31.7 Å². The van der Waals surface area contributed by atoms with Crippen molar-refractivity contribution in [1.29, 1.82) is 0 Å². The summed E-state index contributed by atoms with van der Waals surface area (Å²) in [6, 6.07) is 2.26. The molecule has 5 rings (SSSR count). The zero-order valence-electron chi connectivity index (χ0n) is 19.4. The van der Waals surface area contributed by atoms with Crippen LogP contribution in [0.5, 0.6) is 0 Å². The third-order valence-corrected chi connectivity index (χ3v) is 7.44. The first-order valence-electron chi connectivity index (χ1n) is 11.9. The number of nitrogens with zero attached hydrogens (tertiary/aromatic N) is 4. The first-order valence-corrected chi connectivity index (χ1v) is 11.9. The molecule has 0 saturated carbocycles. The van der Waals surface area contributed by atoms with Crippen LogP contribution >= 0.6 is 0 Å². The number of aromatic amines is 1. The number of amides is 3. The van der Waals surface area contributed by atoms with Gasteiger partial charge in [-0.2, -0.15) is 18.3 Å². The lowest BCUT2D eigenvalue weighted by Gasteiger charge is -2.33. The van der Waals surface area contributed by atoms with E-state index in [0.29, 0.717) is 31.5 Å². The summed E-state index contributed by atoms with van der Waals surface area (Å²) in [5.41, 5.74) is 0.498. The van der Waals surface area contributed by atoms with Gasteiger partial charge in [0.15, 0.2) is 5.69 Å². The minimum absolute atomic E-state index is 0.0404. The van der Waals surface area contributed by atoms with Crippen LogP contribution < -0.4 is 0 Å². The van der Waals surface area contributed by atoms with Crippen LogP contribution in [0.4, 0.5) is 22.4 Å². The van der Waals surface area contributed by atoms with Gasteiger partial charge >= 0.3 is 12.2 Å². The SMILES string of the molecule is Cc1c(F)ccc(C2CCN(C(=O)c3n[nH]c4c3CN(C(=O)N3CCCC3)C4)CC2)c1C(F)(F)F. The Kier molecular flexibility index (Phi) is 5.96. The molecule has 3 amide bonds. The second kappa shape index (κ2) is 8.83. The van der Waals surface area contributed by atoms with E-state index in [1.807, 2.05) is 4.90 Å². The molecule has 4 heterocycles. The fourth-order valence-corrected chi connectivity index (χ4v) is 5.53. The molecule has 35 heavy (non-hydrogen) atoms. The first-order chi connectivity index (χ1) is 16.6. The molecule has 188 valence electrons. The van der Waals surface area contributed by atoms with Gasteiger partial charge in [-0.15, -0.1) is 0 Å². The molecule has 7 nitrogen and oxygen atoms in total. The van der Waals surface area contributed by atoms with Crippen LogP contribution in [0.15, 0.2) is 12.1 Å². The van der Waals surface area contributed by atoms with Crippen molar-refractivity contribution in [2.24, 2.45) is 0 Å². The maximum absolute atomic E-state index is 13.9. The fourth-order valence-electron chi connectivity index (χ4n) is 5.53. The average Bonchev–Trinajstić information content (AvgIpc) is 3.57. The Balaban J connectivity index is 1.27. The molecule has 0 bridgehead atoms. The maximum Gasteiger partial charge on any atom is 0.417 e. The Morgan fingerprint density at radius 1 is 1.00 bits per heavy atom. The Bertz CT molecular complexity index is 1150. The van der Waals surface area contributed by atoms with Crippen molar-refractivity contribution in [3.8, 4) is 0 Å². The largest absolute Gasteiger partial charge is 0.417 e. The fraction of sp³-hybridized carbons (Fsp3) is 0.542. The van der Waals surface area contributed by atoms with Gasteiger partial charge in [0.05, 0.1) is 24.3 Å². The standard InChI is InChI=1S/C24H27F4N5O2/c1-14-18(25)5-4-16(20(14)24(26,27)28)15-6-10-31(11-7-15)22(34)21-17-12-33(13-19(17)29-30-21)23(35)32-8-2-3-9-32/h4-5,15H,2-3,6-13H2,1H3,(H,29,30). The van der Waals surface area contributed by atoms with Crippen LogP contribution in [-0.4, -0.2) is 63.0 Å². The number of benzene rings is 1. The third kappa shape index (κ3) is 4.25. The monoisotopic (exact) mass is 493 g/mol. The van der Waals surface area contributed by atoms with Crippen LogP contribution in [0.1, 0.15) is 70.0 Å². The smallest absolute Gasteiger partial charge is 0.337 e. The van der Waals surface area contributed by atoms with Gasteiger partial charge < -0.3 is 14.7 Å². The number of halogens is 4. The maximum atomic E-state index is 13.9. The Morgan fingerprint density at radius 3 is 2.34 bits per heavy atom. The summed E-state index contributed by atoms with van der Waals surface area (Å²) < 4.78 is 54.9. The third-order valence-electron chi connectivity index (χ3n) is 7.44. The van der Waals surface area contributed by atoms with E-state index in [9.17, 15) is 27.2 Å². The van der Waals surface area contributed by atoms with E-state index in [1.54, 1.807) is 9.80 Å². The summed E-state index contributed by atoms with van der Waals surface area (Å²) in [6.45, 7) is 3.86. The molecule has 0 radical (unpaired) electrons. The molecule has 1 aromatic heterocycles. The molecule has 0 unspecified atom stereocenters. The van der Waals surface area contributed by atoms with Crippen molar-refractivity contribution in [1.82, 2.24) is 24.9 Å². The van der Waals surface area contributed by atoms with Gasteiger partial charge in [-0.05, 0) is 55.7 Å². The Morgan fingerprint density at radius 2 is 1.69 bits per heavy atom. The van der Waals surface area contributed by atoms with Crippen LogP contribution in [0, 0.1) is 12.7 Å². The molecule has 1 N–H and O–H groups in total. The molecule has 3 aliphatic heterocycles.